The summed E-state index contributed by atoms with van der Waals surface area (Å²) >= 11 is 1.29. The summed E-state index contributed by atoms with van der Waals surface area (Å²) in [5.74, 6) is 0.727. The Balaban J connectivity index is 1.47. The first-order valence-electron chi connectivity index (χ1n) is 12.7. The molecule has 4 aromatic rings. The van der Waals surface area contributed by atoms with Gasteiger partial charge in [0.2, 0.25) is 5.60 Å². The molecule has 0 aliphatic carbocycles. The molecule has 40 heavy (non-hydrogen) atoms. The first-order chi connectivity index (χ1) is 19.0. The molecule has 0 spiro atoms. The summed E-state index contributed by atoms with van der Waals surface area (Å²) in [6, 6.07) is 19.0. The fourth-order valence-electron chi connectivity index (χ4n) is 4.16. The van der Waals surface area contributed by atoms with Gasteiger partial charge in [0.05, 0.1) is 11.5 Å². The maximum atomic E-state index is 13.1. The third kappa shape index (κ3) is 6.98. The van der Waals surface area contributed by atoms with E-state index >= 15 is 0 Å². The molecule has 2 unspecified atom stereocenters. The molecule has 2 aromatic heterocycles. The molecule has 6 nitrogen and oxygen atoms in total. The SMILES string of the molecule is CCOC(=O)C(C)(Cc1ccc(OC(C)c2sc(-c3nccc(C(F)(F)F)n3)cc2C)cc1)Oc1ccccc1. The van der Waals surface area contributed by atoms with Gasteiger partial charge in [0, 0.05) is 17.5 Å². The van der Waals surface area contributed by atoms with Gasteiger partial charge in [-0.3, -0.25) is 0 Å². The number of benzene rings is 2. The Morgan fingerprint density at radius 2 is 1.73 bits per heavy atom. The Kier molecular flexibility index (Phi) is 8.78. The Bertz CT molecular complexity index is 1440. The minimum absolute atomic E-state index is 0.0214. The average Bonchev–Trinajstić information content (AvgIpc) is 3.32. The predicted molar refractivity (Wildman–Crippen MR) is 146 cm³/mol. The van der Waals surface area contributed by atoms with Gasteiger partial charge in [-0.05, 0) is 75.2 Å². The minimum atomic E-state index is -4.54. The van der Waals surface area contributed by atoms with Crippen LogP contribution >= 0.6 is 11.3 Å². The van der Waals surface area contributed by atoms with Crippen LogP contribution in [0.3, 0.4) is 0 Å². The molecule has 0 amide bonds. The second kappa shape index (κ2) is 12.1. The summed E-state index contributed by atoms with van der Waals surface area (Å²) in [6.45, 7) is 7.43. The van der Waals surface area contributed by atoms with Crippen LogP contribution in [0, 0.1) is 6.92 Å². The summed E-state index contributed by atoms with van der Waals surface area (Å²) in [5, 5.41) is 0. The quantitative estimate of drug-likeness (QED) is 0.183. The molecular formula is C30H29F3N2O4S. The van der Waals surface area contributed by atoms with E-state index in [1.54, 1.807) is 44.2 Å². The Morgan fingerprint density at radius 3 is 2.38 bits per heavy atom. The number of rotatable bonds is 10. The van der Waals surface area contributed by atoms with Crippen LogP contribution in [0.1, 0.15) is 48.6 Å². The van der Waals surface area contributed by atoms with Crippen molar-refractivity contribution < 1.29 is 32.2 Å². The number of ether oxygens (including phenoxy) is 3. The molecule has 2 atom stereocenters. The Labute approximate surface area is 234 Å². The van der Waals surface area contributed by atoms with Crippen LogP contribution in [0.4, 0.5) is 13.2 Å². The van der Waals surface area contributed by atoms with E-state index in [1.165, 1.54) is 11.3 Å². The van der Waals surface area contributed by atoms with Gasteiger partial charge in [-0.25, -0.2) is 14.8 Å². The van der Waals surface area contributed by atoms with Crippen molar-refractivity contribution in [3.63, 3.8) is 0 Å². The van der Waals surface area contributed by atoms with Crippen LogP contribution in [0.5, 0.6) is 11.5 Å². The van der Waals surface area contributed by atoms with Crippen molar-refractivity contribution in [2.45, 2.75) is 52.0 Å². The second-order valence-electron chi connectivity index (χ2n) is 9.37. The topological polar surface area (TPSA) is 70.5 Å². The van der Waals surface area contributed by atoms with Crippen LogP contribution in [0.2, 0.25) is 0 Å². The monoisotopic (exact) mass is 570 g/mol. The fraction of sp³-hybridized carbons (Fsp3) is 0.300. The maximum Gasteiger partial charge on any atom is 0.433 e. The number of esters is 1. The number of thiophene rings is 1. The zero-order valence-electron chi connectivity index (χ0n) is 22.5. The van der Waals surface area contributed by atoms with E-state index in [0.29, 0.717) is 16.4 Å². The van der Waals surface area contributed by atoms with Crippen LogP contribution in [-0.4, -0.2) is 28.1 Å². The first kappa shape index (κ1) is 29.1. The number of carbonyl (C=O) groups excluding carboxylic acids is 1. The summed E-state index contributed by atoms with van der Waals surface area (Å²) in [6.07, 6.45) is -3.53. The highest BCUT2D eigenvalue weighted by atomic mass is 32.1. The number of carbonyl (C=O) groups is 1. The number of hydrogen-bond donors (Lipinski definition) is 0. The lowest BCUT2D eigenvalue weighted by atomic mass is 9.96. The molecule has 10 heteroatoms. The molecular weight excluding hydrogens is 541 g/mol. The fourth-order valence-corrected chi connectivity index (χ4v) is 5.26. The summed E-state index contributed by atoms with van der Waals surface area (Å²) < 4.78 is 56.8. The van der Waals surface area contributed by atoms with Crippen molar-refractivity contribution in [2.75, 3.05) is 6.61 Å². The maximum absolute atomic E-state index is 13.1. The summed E-state index contributed by atoms with van der Waals surface area (Å²) in [4.78, 5) is 21.9. The van der Waals surface area contributed by atoms with E-state index in [0.717, 1.165) is 28.3 Å². The van der Waals surface area contributed by atoms with Crippen molar-refractivity contribution in [1.29, 1.82) is 0 Å². The van der Waals surface area contributed by atoms with E-state index < -0.39 is 23.4 Å². The zero-order valence-corrected chi connectivity index (χ0v) is 23.3. The molecule has 210 valence electrons. The van der Waals surface area contributed by atoms with E-state index in [9.17, 15) is 18.0 Å². The van der Waals surface area contributed by atoms with Crippen LogP contribution in [0.15, 0.2) is 72.9 Å². The number of hydrogen-bond acceptors (Lipinski definition) is 7. The van der Waals surface area contributed by atoms with Gasteiger partial charge < -0.3 is 14.2 Å². The lowest BCUT2D eigenvalue weighted by Crippen LogP contribution is -2.45. The standard InChI is InChI=1S/C30H29F3N2O4S/c1-5-37-28(36)29(4,39-23-9-7-6-8-10-23)18-21-11-13-22(14-12-21)38-20(3)26-19(2)17-24(40-26)27-34-16-15-25(35-27)30(31,32)33/h6-17,20H,5,18H2,1-4H3. The van der Waals surface area contributed by atoms with Crippen molar-refractivity contribution >= 4 is 17.3 Å². The van der Waals surface area contributed by atoms with Gasteiger partial charge in [0.15, 0.2) is 5.82 Å². The molecule has 0 radical (unpaired) electrons. The van der Waals surface area contributed by atoms with Crippen molar-refractivity contribution in [3.8, 4) is 22.2 Å². The second-order valence-corrected chi connectivity index (χ2v) is 10.5. The van der Waals surface area contributed by atoms with E-state index in [4.69, 9.17) is 14.2 Å². The molecule has 0 N–H and O–H groups in total. The van der Waals surface area contributed by atoms with Gasteiger partial charge in [-0.1, -0.05) is 30.3 Å². The highest BCUT2D eigenvalue weighted by Gasteiger charge is 2.38. The lowest BCUT2D eigenvalue weighted by Gasteiger charge is -2.28. The highest BCUT2D eigenvalue weighted by Crippen LogP contribution is 2.36. The molecule has 4 rings (SSSR count). The van der Waals surface area contributed by atoms with E-state index in [-0.39, 0.29) is 25.0 Å². The van der Waals surface area contributed by atoms with Crippen LogP contribution < -0.4 is 9.47 Å². The smallest absolute Gasteiger partial charge is 0.433 e. The summed E-state index contributed by atoms with van der Waals surface area (Å²) in [5.41, 5.74) is -0.498. The molecule has 2 heterocycles. The Hall–Kier alpha value is -3.92. The number of aryl methyl sites for hydroxylation is 1. The molecule has 0 fully saturated rings. The zero-order chi connectivity index (χ0) is 28.9. The van der Waals surface area contributed by atoms with E-state index in [2.05, 4.69) is 9.97 Å². The summed E-state index contributed by atoms with van der Waals surface area (Å²) in [7, 11) is 0. The van der Waals surface area contributed by atoms with Crippen molar-refractivity contribution in [1.82, 2.24) is 9.97 Å². The average molecular weight is 571 g/mol. The molecule has 0 aliphatic heterocycles. The molecule has 0 aliphatic rings. The van der Waals surface area contributed by atoms with Gasteiger partial charge in [-0.15, -0.1) is 11.3 Å². The number of aromatic nitrogens is 2. The van der Waals surface area contributed by atoms with Gasteiger partial charge in [0.1, 0.15) is 23.3 Å². The normalized spacial score (nSPS) is 13.8. The van der Waals surface area contributed by atoms with Crippen molar-refractivity contribution in [2.24, 2.45) is 0 Å². The number of alkyl halides is 3. The number of para-hydroxylation sites is 1. The lowest BCUT2D eigenvalue weighted by molar-refractivity contribution is -0.160. The third-order valence-corrected chi connectivity index (χ3v) is 7.46. The molecule has 0 saturated carbocycles. The first-order valence-corrected chi connectivity index (χ1v) is 13.5. The minimum Gasteiger partial charge on any atom is -0.485 e. The van der Waals surface area contributed by atoms with Gasteiger partial charge in [-0.2, -0.15) is 13.2 Å². The Morgan fingerprint density at radius 1 is 1.02 bits per heavy atom. The molecule has 0 saturated heterocycles. The highest BCUT2D eigenvalue weighted by molar-refractivity contribution is 7.15. The van der Waals surface area contributed by atoms with Crippen LogP contribution in [-0.2, 0) is 22.1 Å². The predicted octanol–water partition coefficient (Wildman–Crippen LogP) is 7.62. The van der Waals surface area contributed by atoms with Gasteiger partial charge in [0.25, 0.3) is 0 Å². The van der Waals surface area contributed by atoms with Crippen molar-refractivity contribution in [3.05, 3.63) is 94.6 Å². The third-order valence-electron chi connectivity index (χ3n) is 6.06. The van der Waals surface area contributed by atoms with Crippen LogP contribution in [0.25, 0.3) is 10.7 Å². The van der Waals surface area contributed by atoms with Gasteiger partial charge >= 0.3 is 12.1 Å². The van der Waals surface area contributed by atoms with E-state index in [1.807, 2.05) is 44.2 Å². The molecule has 0 bridgehead atoms. The largest absolute Gasteiger partial charge is 0.485 e. The molecule has 2 aromatic carbocycles. The number of nitrogens with zero attached hydrogens (tertiary/aromatic N) is 2. The number of halogens is 3.